The van der Waals surface area contributed by atoms with Gasteiger partial charge in [0.15, 0.2) is 11.6 Å². The molecule has 0 spiro atoms. The van der Waals surface area contributed by atoms with E-state index in [9.17, 15) is 4.39 Å². The maximum absolute atomic E-state index is 14.8. The molecule has 36 heavy (non-hydrogen) atoms. The first-order valence-corrected chi connectivity index (χ1v) is 15.1. The van der Waals surface area contributed by atoms with E-state index in [2.05, 4.69) is 49.4 Å². The number of hydrogen-bond donors (Lipinski definition) is 0. The summed E-state index contributed by atoms with van der Waals surface area (Å²) in [6.07, 6.45) is 18.8. The van der Waals surface area contributed by atoms with Crippen molar-refractivity contribution in [2.75, 3.05) is 6.61 Å². The van der Waals surface area contributed by atoms with E-state index < -0.39 is 0 Å². The van der Waals surface area contributed by atoms with Crippen LogP contribution < -0.4 is 4.74 Å². The molecule has 2 fully saturated rings. The van der Waals surface area contributed by atoms with Crippen LogP contribution in [0.5, 0.6) is 5.75 Å². The molecule has 2 aliphatic carbocycles. The summed E-state index contributed by atoms with van der Waals surface area (Å²) < 4.78 is 20.9. The fourth-order valence-electron chi connectivity index (χ4n) is 6.42. The molecule has 2 aromatic carbocycles. The zero-order valence-electron chi connectivity index (χ0n) is 22.0. The number of allylic oxidation sites excluding steroid dienone is 2. The maximum atomic E-state index is 14.8. The summed E-state index contributed by atoms with van der Waals surface area (Å²) in [5, 5.41) is 0.945. The van der Waals surface area contributed by atoms with Crippen molar-refractivity contribution in [3.05, 3.63) is 66.0 Å². The van der Waals surface area contributed by atoms with Crippen LogP contribution in [0.3, 0.4) is 0 Å². The van der Waals surface area contributed by atoms with Gasteiger partial charge in [-0.05, 0) is 117 Å². The minimum atomic E-state index is -0.239. The van der Waals surface area contributed by atoms with Crippen molar-refractivity contribution in [1.29, 1.82) is 0 Å². The highest BCUT2D eigenvalue weighted by atomic mass is 32.1. The molecule has 1 nitrogen and oxygen atoms in total. The van der Waals surface area contributed by atoms with Crippen molar-refractivity contribution >= 4 is 21.4 Å². The topological polar surface area (TPSA) is 9.23 Å². The van der Waals surface area contributed by atoms with E-state index in [0.29, 0.717) is 23.0 Å². The van der Waals surface area contributed by atoms with E-state index in [0.717, 1.165) is 28.0 Å². The van der Waals surface area contributed by atoms with Crippen molar-refractivity contribution < 1.29 is 9.13 Å². The summed E-state index contributed by atoms with van der Waals surface area (Å²) in [6, 6.07) is 14.9. The lowest BCUT2D eigenvalue weighted by atomic mass is 9.77. The summed E-state index contributed by atoms with van der Waals surface area (Å²) in [6.45, 7) is 4.68. The third-order valence-corrected chi connectivity index (χ3v) is 9.77. The molecule has 0 atom stereocenters. The Balaban J connectivity index is 1.16. The van der Waals surface area contributed by atoms with Crippen LogP contribution in [-0.2, 0) is 0 Å². The highest BCUT2D eigenvalue weighted by molar-refractivity contribution is 7.22. The molecule has 192 valence electrons. The van der Waals surface area contributed by atoms with Crippen molar-refractivity contribution in [3.8, 4) is 16.2 Å². The lowest BCUT2D eigenvalue weighted by Gasteiger charge is -2.29. The van der Waals surface area contributed by atoms with Crippen LogP contribution in [0.1, 0.15) is 89.5 Å². The second-order valence-corrected chi connectivity index (χ2v) is 12.1. The molecule has 0 aliphatic heterocycles. The third kappa shape index (κ3) is 5.88. The first-order chi connectivity index (χ1) is 17.6. The first-order valence-electron chi connectivity index (χ1n) is 14.3. The van der Waals surface area contributed by atoms with Crippen LogP contribution in [0.2, 0.25) is 0 Å². The molecule has 0 unspecified atom stereocenters. The smallest absolute Gasteiger partial charge is 0.182 e. The van der Waals surface area contributed by atoms with Crippen LogP contribution in [0.4, 0.5) is 4.39 Å². The van der Waals surface area contributed by atoms with Gasteiger partial charge in [0, 0.05) is 4.88 Å². The molecule has 0 N–H and O–H groups in total. The minimum absolute atomic E-state index is 0.239. The molecule has 0 radical (unpaired) electrons. The Morgan fingerprint density at radius 2 is 1.53 bits per heavy atom. The van der Waals surface area contributed by atoms with Gasteiger partial charge in [-0.15, -0.1) is 11.3 Å². The highest BCUT2D eigenvalue weighted by Gasteiger charge is 2.23. The lowest BCUT2D eigenvalue weighted by molar-refractivity contribution is 0.292. The molecular formula is C33H41FOS. The Morgan fingerprint density at radius 1 is 0.861 bits per heavy atom. The molecule has 5 rings (SSSR count). The van der Waals surface area contributed by atoms with Gasteiger partial charge in [-0.1, -0.05) is 56.2 Å². The fraction of sp³-hybridized carbons (Fsp3) is 0.515. The molecular weight excluding hydrogens is 463 g/mol. The van der Waals surface area contributed by atoms with Crippen molar-refractivity contribution in [1.82, 2.24) is 0 Å². The molecule has 0 amide bonds. The summed E-state index contributed by atoms with van der Waals surface area (Å²) in [5.74, 6) is 3.37. The molecule has 1 heterocycles. The van der Waals surface area contributed by atoms with Gasteiger partial charge in [0.2, 0.25) is 0 Å². The Kier molecular flexibility index (Phi) is 8.47. The number of rotatable bonds is 8. The van der Waals surface area contributed by atoms with E-state index in [1.165, 1.54) is 86.7 Å². The quantitative estimate of drug-likeness (QED) is 0.277. The molecule has 3 aromatic rings. The Labute approximate surface area is 220 Å². The highest BCUT2D eigenvalue weighted by Crippen LogP contribution is 2.40. The summed E-state index contributed by atoms with van der Waals surface area (Å²) in [7, 11) is 0. The Hall–Kier alpha value is -2.13. The monoisotopic (exact) mass is 504 g/mol. The SMILES string of the molecule is CCCC1CCC(/C=C/C2CCC(c3ccc(-c4cc5ccc(OCC)c(F)c5s4)cc3)CC2)CC1. The Bertz CT molecular complexity index is 1140. The molecule has 1 aromatic heterocycles. The largest absolute Gasteiger partial charge is 0.491 e. The average molecular weight is 505 g/mol. The maximum Gasteiger partial charge on any atom is 0.182 e. The standard InChI is InChI=1S/C33H41FOS/c1-3-5-23-6-8-24(9-7-23)10-11-25-12-14-26(15-13-25)27-16-18-28(19-17-27)31-22-29-20-21-30(35-4-2)32(34)33(29)36-31/h10-11,16-26H,3-9,12-15H2,1-2H3/b11-10+. The van der Waals surface area contributed by atoms with Gasteiger partial charge in [0.25, 0.3) is 0 Å². The zero-order valence-corrected chi connectivity index (χ0v) is 22.8. The predicted molar refractivity (Wildman–Crippen MR) is 153 cm³/mol. The normalized spacial score (nSPS) is 25.0. The number of ether oxygens (including phenoxy) is 1. The summed E-state index contributed by atoms with van der Waals surface area (Å²) >= 11 is 1.52. The van der Waals surface area contributed by atoms with Gasteiger partial charge < -0.3 is 4.74 Å². The van der Waals surface area contributed by atoms with Gasteiger partial charge in [-0.25, -0.2) is 4.39 Å². The average Bonchev–Trinajstić information content (AvgIpc) is 3.36. The van der Waals surface area contributed by atoms with E-state index in [1.54, 1.807) is 6.07 Å². The van der Waals surface area contributed by atoms with Crippen LogP contribution in [0.25, 0.3) is 20.5 Å². The van der Waals surface area contributed by atoms with Gasteiger partial charge in [-0.2, -0.15) is 0 Å². The van der Waals surface area contributed by atoms with E-state index >= 15 is 0 Å². The number of hydrogen-bond acceptors (Lipinski definition) is 2. The van der Waals surface area contributed by atoms with Crippen LogP contribution >= 0.6 is 11.3 Å². The summed E-state index contributed by atoms with van der Waals surface area (Å²) in [5.41, 5.74) is 2.63. The van der Waals surface area contributed by atoms with Gasteiger partial charge in [-0.3, -0.25) is 0 Å². The Morgan fingerprint density at radius 3 is 2.17 bits per heavy atom. The molecule has 0 saturated heterocycles. The first kappa shape index (κ1) is 25.5. The summed E-state index contributed by atoms with van der Waals surface area (Å²) in [4.78, 5) is 1.11. The predicted octanol–water partition coefficient (Wildman–Crippen LogP) is 10.5. The minimum Gasteiger partial charge on any atom is -0.491 e. The van der Waals surface area contributed by atoms with E-state index in [-0.39, 0.29) is 5.82 Å². The second kappa shape index (κ2) is 11.9. The number of benzene rings is 2. The second-order valence-electron chi connectivity index (χ2n) is 11.0. The van der Waals surface area contributed by atoms with Crippen LogP contribution in [-0.4, -0.2) is 6.61 Å². The van der Waals surface area contributed by atoms with Crippen LogP contribution in [0, 0.1) is 23.6 Å². The molecule has 3 heteroatoms. The van der Waals surface area contributed by atoms with Crippen molar-refractivity contribution in [3.63, 3.8) is 0 Å². The van der Waals surface area contributed by atoms with Gasteiger partial charge >= 0.3 is 0 Å². The van der Waals surface area contributed by atoms with Crippen molar-refractivity contribution in [2.45, 2.75) is 84.0 Å². The van der Waals surface area contributed by atoms with E-state index in [1.807, 2.05) is 13.0 Å². The van der Waals surface area contributed by atoms with Crippen molar-refractivity contribution in [2.24, 2.45) is 17.8 Å². The fourth-order valence-corrected chi connectivity index (χ4v) is 7.51. The number of thiophene rings is 1. The molecule has 2 saturated carbocycles. The lowest BCUT2D eigenvalue weighted by Crippen LogP contribution is -2.14. The zero-order chi connectivity index (χ0) is 24.9. The third-order valence-electron chi connectivity index (χ3n) is 8.57. The number of fused-ring (bicyclic) bond motifs is 1. The molecule has 2 aliphatic rings. The van der Waals surface area contributed by atoms with E-state index in [4.69, 9.17) is 4.74 Å². The van der Waals surface area contributed by atoms with Crippen LogP contribution in [0.15, 0.2) is 54.6 Å². The molecule has 0 bridgehead atoms. The van der Waals surface area contributed by atoms with Gasteiger partial charge in [0.05, 0.1) is 11.3 Å². The number of halogens is 1. The van der Waals surface area contributed by atoms with Gasteiger partial charge in [0.1, 0.15) is 0 Å².